The molecule has 0 saturated carbocycles. The highest BCUT2D eigenvalue weighted by Gasteiger charge is 2.19. The van der Waals surface area contributed by atoms with Crippen molar-refractivity contribution in [2.75, 3.05) is 0 Å². The molecule has 5 heteroatoms. The summed E-state index contributed by atoms with van der Waals surface area (Å²) in [4.78, 5) is 14.2. The highest BCUT2D eigenvalue weighted by atomic mass is 16.3. The molecule has 0 aliphatic carbocycles. The maximum Gasteiger partial charge on any atom is 0.160 e. The van der Waals surface area contributed by atoms with Gasteiger partial charge in [-0.05, 0) is 83.4 Å². The minimum atomic E-state index is 0.702. The Morgan fingerprint density at radius 3 is 1.92 bits per heavy atom. The van der Waals surface area contributed by atoms with Gasteiger partial charge in [0.2, 0.25) is 0 Å². The molecule has 0 unspecified atom stereocenters. The predicted molar refractivity (Wildman–Crippen MR) is 213 cm³/mol. The molecule has 11 rings (SSSR count). The van der Waals surface area contributed by atoms with Gasteiger partial charge in [0, 0.05) is 73.1 Å². The molecule has 0 bridgehead atoms. The molecule has 5 nitrogen and oxygen atoms in total. The molecule has 11 aromatic rings. The van der Waals surface area contributed by atoms with E-state index in [2.05, 4.69) is 142 Å². The van der Waals surface area contributed by atoms with Gasteiger partial charge in [0.05, 0.1) is 16.7 Å². The van der Waals surface area contributed by atoms with E-state index in [1.54, 1.807) is 6.20 Å². The van der Waals surface area contributed by atoms with Gasteiger partial charge in [-0.1, -0.05) is 84.9 Å². The zero-order valence-electron chi connectivity index (χ0n) is 27.9. The minimum absolute atomic E-state index is 0.702. The highest BCUT2D eigenvalue weighted by Crippen LogP contribution is 2.41. The summed E-state index contributed by atoms with van der Waals surface area (Å²) in [5.74, 6) is 0. The maximum atomic E-state index is 6.51. The van der Waals surface area contributed by atoms with Crippen LogP contribution in [0.2, 0.25) is 0 Å². The third kappa shape index (κ3) is 4.33. The van der Waals surface area contributed by atoms with Crippen molar-refractivity contribution in [2.24, 2.45) is 0 Å². The van der Waals surface area contributed by atoms with E-state index in [0.717, 1.165) is 77.3 Å². The van der Waals surface area contributed by atoms with E-state index in [1.807, 2.05) is 36.7 Å². The number of aromatic nitrogens is 4. The van der Waals surface area contributed by atoms with Gasteiger partial charge in [0.15, 0.2) is 5.65 Å². The molecule has 0 aliphatic heterocycles. The van der Waals surface area contributed by atoms with Crippen LogP contribution < -0.4 is 0 Å². The molecule has 0 N–H and O–H groups in total. The molecular formula is C47H28N4O. The molecule has 6 aromatic carbocycles. The number of rotatable bonds is 4. The normalized spacial score (nSPS) is 11.8. The summed E-state index contributed by atoms with van der Waals surface area (Å²) >= 11 is 0. The number of hydrogen-bond acceptors (Lipinski definition) is 4. The van der Waals surface area contributed by atoms with E-state index < -0.39 is 0 Å². The van der Waals surface area contributed by atoms with Crippen molar-refractivity contribution in [1.29, 1.82) is 0 Å². The van der Waals surface area contributed by atoms with Crippen LogP contribution >= 0.6 is 0 Å². The lowest BCUT2D eigenvalue weighted by atomic mass is 9.96. The zero-order chi connectivity index (χ0) is 34.2. The fourth-order valence-corrected chi connectivity index (χ4v) is 7.91. The van der Waals surface area contributed by atoms with E-state index in [-0.39, 0.29) is 0 Å². The Morgan fingerprint density at radius 1 is 0.462 bits per heavy atom. The minimum Gasteiger partial charge on any atom is -0.455 e. The summed E-state index contributed by atoms with van der Waals surface area (Å²) < 4.78 is 8.86. The number of nitrogens with zero attached hydrogens (tertiary/aromatic N) is 4. The number of hydrogen-bond donors (Lipinski definition) is 0. The summed E-state index contributed by atoms with van der Waals surface area (Å²) in [6, 6.07) is 53.5. The monoisotopic (exact) mass is 664 g/mol. The van der Waals surface area contributed by atoms with Gasteiger partial charge < -0.3 is 8.98 Å². The van der Waals surface area contributed by atoms with Gasteiger partial charge in [0.25, 0.3) is 0 Å². The molecule has 0 saturated heterocycles. The third-order valence-electron chi connectivity index (χ3n) is 10.3. The molecule has 5 aromatic heterocycles. The number of furan rings is 1. The fraction of sp³-hybridized carbons (Fsp3) is 0. The van der Waals surface area contributed by atoms with Crippen molar-refractivity contribution in [3.8, 4) is 39.2 Å². The lowest BCUT2D eigenvalue weighted by Gasteiger charge is -2.11. The van der Waals surface area contributed by atoms with Gasteiger partial charge in [-0.3, -0.25) is 4.98 Å². The standard InChI is InChI=1S/C47H28N4O/c1-2-9-34(10-3-1)51-41-22-18-31(26-39(41)40-27-32(19-23-42(40)51)33-8-6-24-48-28-33)29-14-16-30(17-15-29)45-37-21-20-36-35-11-4-5-13-43(35)52-46(36)44(37)38-12-7-25-49-47(38)50-45/h1-28H. The van der Waals surface area contributed by atoms with E-state index in [4.69, 9.17) is 9.40 Å². The van der Waals surface area contributed by atoms with E-state index in [0.29, 0.717) is 5.65 Å². The highest BCUT2D eigenvalue weighted by molar-refractivity contribution is 6.24. The first-order valence-corrected chi connectivity index (χ1v) is 17.4. The number of fused-ring (bicyclic) bond motifs is 10. The van der Waals surface area contributed by atoms with Crippen LogP contribution in [0.3, 0.4) is 0 Å². The van der Waals surface area contributed by atoms with Crippen molar-refractivity contribution in [2.45, 2.75) is 0 Å². The van der Waals surface area contributed by atoms with Crippen LogP contribution in [0.25, 0.3) is 105 Å². The second-order valence-corrected chi connectivity index (χ2v) is 13.3. The molecule has 0 radical (unpaired) electrons. The Labute approximate surface area is 298 Å². The second-order valence-electron chi connectivity index (χ2n) is 13.3. The summed E-state index contributed by atoms with van der Waals surface area (Å²) in [6.45, 7) is 0. The van der Waals surface area contributed by atoms with Gasteiger partial charge in [0.1, 0.15) is 11.2 Å². The number of pyridine rings is 3. The number of para-hydroxylation sites is 2. The third-order valence-corrected chi connectivity index (χ3v) is 10.3. The average molecular weight is 665 g/mol. The van der Waals surface area contributed by atoms with Gasteiger partial charge in [-0.2, -0.15) is 0 Å². The molecule has 5 heterocycles. The van der Waals surface area contributed by atoms with Crippen molar-refractivity contribution in [1.82, 2.24) is 19.5 Å². The molecule has 0 atom stereocenters. The molecule has 0 aliphatic rings. The topological polar surface area (TPSA) is 56.7 Å². The van der Waals surface area contributed by atoms with Crippen molar-refractivity contribution >= 4 is 65.6 Å². The predicted octanol–water partition coefficient (Wildman–Crippen LogP) is 12.2. The lowest BCUT2D eigenvalue weighted by molar-refractivity contribution is 0.673. The van der Waals surface area contributed by atoms with Crippen LogP contribution in [0.15, 0.2) is 175 Å². The fourth-order valence-electron chi connectivity index (χ4n) is 7.91. The van der Waals surface area contributed by atoms with Gasteiger partial charge in [-0.25, -0.2) is 9.97 Å². The van der Waals surface area contributed by atoms with Gasteiger partial charge >= 0.3 is 0 Å². The Balaban J connectivity index is 1.07. The van der Waals surface area contributed by atoms with Crippen molar-refractivity contribution < 1.29 is 4.42 Å². The summed E-state index contributed by atoms with van der Waals surface area (Å²) in [7, 11) is 0. The molecular weight excluding hydrogens is 637 g/mol. The molecule has 242 valence electrons. The van der Waals surface area contributed by atoms with Crippen LogP contribution in [-0.2, 0) is 0 Å². The van der Waals surface area contributed by atoms with Crippen LogP contribution in [0.4, 0.5) is 0 Å². The Hall–Kier alpha value is -7.11. The zero-order valence-corrected chi connectivity index (χ0v) is 27.9. The second kappa shape index (κ2) is 11.2. The average Bonchev–Trinajstić information content (AvgIpc) is 3.76. The van der Waals surface area contributed by atoms with Crippen LogP contribution in [0, 0.1) is 0 Å². The molecule has 0 amide bonds. The van der Waals surface area contributed by atoms with E-state index >= 15 is 0 Å². The Bertz CT molecular complexity index is 3160. The summed E-state index contributed by atoms with van der Waals surface area (Å²) in [5, 5.41) is 7.67. The first-order valence-electron chi connectivity index (χ1n) is 17.4. The Kier molecular flexibility index (Phi) is 6.18. The first-order chi connectivity index (χ1) is 25.8. The SMILES string of the molecule is c1ccc(-n2c3ccc(-c4ccc(-c5nc6ncccc6c6c5ccc5c7ccccc7oc56)cc4)cc3c3cc(-c4cccnc4)ccc32)cc1. The smallest absolute Gasteiger partial charge is 0.160 e. The quantitative estimate of drug-likeness (QED) is 0.176. The Morgan fingerprint density at radius 2 is 1.13 bits per heavy atom. The maximum absolute atomic E-state index is 6.51. The lowest BCUT2D eigenvalue weighted by Crippen LogP contribution is -1.93. The largest absolute Gasteiger partial charge is 0.455 e. The summed E-state index contributed by atoms with van der Waals surface area (Å²) in [5.41, 5.74) is 12.4. The van der Waals surface area contributed by atoms with Gasteiger partial charge in [-0.15, -0.1) is 0 Å². The van der Waals surface area contributed by atoms with E-state index in [9.17, 15) is 0 Å². The molecule has 0 spiro atoms. The summed E-state index contributed by atoms with van der Waals surface area (Å²) in [6.07, 6.45) is 5.54. The van der Waals surface area contributed by atoms with Crippen molar-refractivity contribution in [3.63, 3.8) is 0 Å². The van der Waals surface area contributed by atoms with Crippen LogP contribution in [0.5, 0.6) is 0 Å². The molecule has 0 fully saturated rings. The molecule has 52 heavy (non-hydrogen) atoms. The van der Waals surface area contributed by atoms with Crippen LogP contribution in [0.1, 0.15) is 0 Å². The number of benzene rings is 6. The first kappa shape index (κ1) is 28.7. The van der Waals surface area contributed by atoms with E-state index in [1.165, 1.54) is 21.8 Å². The van der Waals surface area contributed by atoms with Crippen molar-refractivity contribution in [3.05, 3.63) is 170 Å². The van der Waals surface area contributed by atoms with Crippen LogP contribution in [-0.4, -0.2) is 19.5 Å².